The molecule has 3 fully saturated rings. The van der Waals surface area contributed by atoms with E-state index in [0.717, 1.165) is 40.9 Å². The Labute approximate surface area is 868 Å². The average Bonchev–Trinajstić information content (AvgIpc) is 1.62. The number of aryl methyl sites for hydroxylation is 2. The number of carbonyl (C=O) groups excluding carboxylic acids is 10. The number of alkyl halides is 3. The molecule has 4 aromatic heterocycles. The molecule has 0 aliphatic carbocycles. The Hall–Kier alpha value is -11.7. The summed E-state index contributed by atoms with van der Waals surface area (Å²) in [7, 11) is 3.26. The second-order valence-corrected chi connectivity index (χ2v) is 38.1. The van der Waals surface area contributed by atoms with Crippen LogP contribution in [0.3, 0.4) is 0 Å². The third-order valence-electron chi connectivity index (χ3n) is 20.8. The molecule has 8 aromatic carbocycles. The van der Waals surface area contributed by atoms with Crippen molar-refractivity contribution >= 4 is 258 Å². The number of ketones is 2. The number of ether oxygens (including phenoxy) is 1. The summed E-state index contributed by atoms with van der Waals surface area (Å²) in [4.78, 5) is 153. The van der Waals surface area contributed by atoms with Crippen molar-refractivity contribution in [2.24, 2.45) is 17.2 Å². The molecule has 8 amide bonds. The lowest BCUT2D eigenvalue weighted by molar-refractivity contribution is -0.138. The third-order valence-corrected chi connectivity index (χ3v) is 24.0. The van der Waals surface area contributed by atoms with Crippen LogP contribution in [0.5, 0.6) is 0 Å². The molecule has 3 aliphatic heterocycles. The number of aromatic nitrogens is 8. The molecule has 6 atom stereocenters. The predicted octanol–water partition coefficient (Wildman–Crippen LogP) is 15.2. The molecule has 12 aromatic rings. The van der Waals surface area contributed by atoms with Gasteiger partial charge in [-0.15, -0.1) is 12.4 Å². The van der Waals surface area contributed by atoms with Crippen LogP contribution in [0.4, 0.5) is 48.2 Å². The zero-order valence-electron chi connectivity index (χ0n) is 74.8. The van der Waals surface area contributed by atoms with Crippen molar-refractivity contribution in [3.8, 4) is 55.6 Å². The molecule has 3 aliphatic rings. The first-order valence-corrected chi connectivity index (χ1v) is 50.1. The molecule has 50 heteroatoms. The summed E-state index contributed by atoms with van der Waals surface area (Å²) in [5.41, 5.74) is 20.5. The van der Waals surface area contributed by atoms with Gasteiger partial charge in [0.05, 0.1) is 47.2 Å². The minimum Gasteiger partial charge on any atom is -0.480 e. The van der Waals surface area contributed by atoms with Crippen LogP contribution in [0, 0.1) is 31.3 Å². The third kappa shape index (κ3) is 30.7. The number of aliphatic carboxylic acids is 1. The molecule has 0 spiro atoms. The van der Waals surface area contributed by atoms with Crippen LogP contribution >= 0.6 is 60.7 Å². The molecule has 15 rings (SSSR count). The standard InChI is InChI=1S/C34H28ClF2N7O4.C23H24ClF2N3O4.C18H16ClF2N3O2.C16H14N4O3.ClH.S4.S3.S2.H2S/c1-17(45)32-25-10-19(21-13-39-18(2)40-14-21)7-9-28(25)44(42-32)16-30(46)43-15-22(36)12-29(43)34(48)41-27-5-3-4-23(31(27)37)24-11-20(33(38)47)6-8-26(24)35;1-23(2,3)33-22(32)29-11-13(25)10-18(29)21(31)28-17-6-4-5-14(19(17)26)15-9-12(20(27)30)7-8-16(15)24;19-13-5-4-9(17(22)25)6-12(13)11-2-1-3-14(16(11)21)24-18(26)15-7-10(20)8-23-15;1-9(21)16-13-5-11(12-6-17-10(2)18-7-12)3-4-14(13)20(19-16)8-15(22)23;;1-3-4-2;1-3-2;1-2;/h3-11,13-14,22,29H,12,15-16H2,1-2H3,(H2,38,47)(H,41,48);4-9,13,18H,10-11H2,1-3H3,(H2,27,30)(H,28,31);1-6,10,15,23H,7-8H2,(H2,22,25)(H,24,26);3-7H,8H2,1-2H3,(H,22,23);1H;;;;1H2/t22-,29+;13-,18+;10-,15+;;;;;;/m111....../s1. The summed E-state index contributed by atoms with van der Waals surface area (Å²) in [6.07, 6.45) is 1.40. The number of likely N-dealkylation sites (tertiary alicyclic amines) is 2. The fourth-order valence-corrected chi connectivity index (χ4v) is 15.1. The Morgan fingerprint density at radius 3 is 1.17 bits per heavy atom. The van der Waals surface area contributed by atoms with Gasteiger partial charge < -0.3 is 53.2 Å². The number of rotatable bonds is 20. The summed E-state index contributed by atoms with van der Waals surface area (Å²) in [6.45, 7) is 10.1. The van der Waals surface area contributed by atoms with Gasteiger partial charge in [-0.25, -0.2) is 51.1 Å². The summed E-state index contributed by atoms with van der Waals surface area (Å²) in [5.74, 6) is -7.42. The first-order valence-electron chi connectivity index (χ1n) is 40.9. The van der Waals surface area contributed by atoms with Crippen molar-refractivity contribution < 1.29 is 88.9 Å². The number of amides is 8. The largest absolute Gasteiger partial charge is 0.480 e. The van der Waals surface area contributed by atoms with Crippen molar-refractivity contribution in [1.82, 2.24) is 54.6 Å². The lowest BCUT2D eigenvalue weighted by Crippen LogP contribution is -2.45. The molecule has 0 radical (unpaired) electrons. The van der Waals surface area contributed by atoms with Crippen molar-refractivity contribution in [2.75, 3.05) is 35.6 Å². The molecule has 11 N–H and O–H groups in total. The number of halogens is 10. The van der Waals surface area contributed by atoms with Gasteiger partial charge in [-0.3, -0.25) is 62.2 Å². The van der Waals surface area contributed by atoms with E-state index in [9.17, 15) is 70.3 Å². The van der Waals surface area contributed by atoms with Gasteiger partial charge in [0.1, 0.15) is 72.3 Å². The number of nitrogens with two attached hydrogens (primary N) is 3. The number of nitrogens with one attached hydrogen (secondary N) is 4. The minimum atomic E-state index is -1.50. The molecule has 3 saturated heterocycles. The zero-order valence-corrected chi connectivity index (χ0v) is 86.3. The normalized spacial score (nSPS) is 15.3. The van der Waals surface area contributed by atoms with E-state index >= 15 is 8.78 Å². The topological polar surface area (TPSA) is 437 Å². The Morgan fingerprint density at radius 1 is 0.496 bits per heavy atom. The summed E-state index contributed by atoms with van der Waals surface area (Å²) < 4.78 is 95.9. The van der Waals surface area contributed by atoms with Crippen LogP contribution in [-0.4, -0.2) is 181 Å². The van der Waals surface area contributed by atoms with Crippen molar-refractivity contribution in [3.63, 3.8) is 0 Å². The summed E-state index contributed by atoms with van der Waals surface area (Å²) >= 11 is 42.8. The van der Waals surface area contributed by atoms with E-state index < -0.39 is 113 Å². The highest BCUT2D eigenvalue weighted by Crippen LogP contribution is 2.40. The highest BCUT2D eigenvalue weighted by molar-refractivity contribution is 8.51. The smallest absolute Gasteiger partial charge is 0.411 e. The van der Waals surface area contributed by atoms with Gasteiger partial charge in [0.2, 0.25) is 41.4 Å². The Morgan fingerprint density at radius 2 is 0.844 bits per heavy atom. The van der Waals surface area contributed by atoms with Gasteiger partial charge in [-0.1, -0.05) is 83.3 Å². The van der Waals surface area contributed by atoms with E-state index in [-0.39, 0.29) is 183 Å². The van der Waals surface area contributed by atoms with E-state index in [4.69, 9.17) is 61.8 Å². The van der Waals surface area contributed by atoms with Crippen LogP contribution in [-0.2, 0) is 136 Å². The monoisotopic (exact) mass is 2200 g/mol. The van der Waals surface area contributed by atoms with Gasteiger partial charge in [-0.05, 0) is 143 Å². The Kier molecular flexibility index (Phi) is 44.0. The number of primary amides is 3. The first kappa shape index (κ1) is 116. The maximum atomic E-state index is 15.7. The second-order valence-electron chi connectivity index (χ2n) is 31.5. The van der Waals surface area contributed by atoms with E-state index in [2.05, 4.69) is 119 Å². The molecule has 0 unspecified atom stereocenters. The van der Waals surface area contributed by atoms with Crippen molar-refractivity contribution in [2.45, 2.75) is 123 Å². The number of benzene rings is 8. The van der Waals surface area contributed by atoms with Gasteiger partial charge >= 0.3 is 12.1 Å². The van der Waals surface area contributed by atoms with Crippen LogP contribution in [0.2, 0.25) is 15.1 Å². The number of fused-ring (bicyclic) bond motifs is 2. The lowest BCUT2D eigenvalue weighted by atomic mass is 10.0. The molecule has 742 valence electrons. The Balaban J connectivity index is 0.000000256. The van der Waals surface area contributed by atoms with Gasteiger partial charge in [-0.2, -0.15) is 23.7 Å². The number of hydrogen-bond donors (Lipinski definition) is 8. The zero-order chi connectivity index (χ0) is 102. The molecule has 7 heterocycles. The molecule has 0 saturated carbocycles. The van der Waals surface area contributed by atoms with E-state index in [1.54, 1.807) is 89.7 Å². The molecular weight excluding hydrogens is 2120 g/mol. The summed E-state index contributed by atoms with van der Waals surface area (Å²) in [6, 6.07) is 33.0. The van der Waals surface area contributed by atoms with Crippen LogP contribution in [0.25, 0.3) is 77.4 Å². The van der Waals surface area contributed by atoms with Crippen molar-refractivity contribution in [1.29, 1.82) is 0 Å². The van der Waals surface area contributed by atoms with Crippen LogP contribution < -0.4 is 38.5 Å². The number of carboxylic acids is 1. The van der Waals surface area contributed by atoms with Gasteiger partial charge in [0.15, 0.2) is 29.0 Å². The number of carbonyl (C=O) groups is 11. The number of anilines is 3. The van der Waals surface area contributed by atoms with E-state index in [1.165, 1.54) is 144 Å². The van der Waals surface area contributed by atoms with Gasteiger partial charge in [0.25, 0.3) is 0 Å². The highest BCUT2D eigenvalue weighted by Gasteiger charge is 2.44. The predicted molar refractivity (Wildman–Crippen MR) is 557 cm³/mol. The van der Waals surface area contributed by atoms with Crippen LogP contribution in [0.1, 0.15) is 118 Å². The highest BCUT2D eigenvalue weighted by atomic mass is 35.5. The average molecular weight is 2200 g/mol. The quantitative estimate of drug-likeness (QED) is 0.0259. The second kappa shape index (κ2) is 53.4. The molecular formula is C91H85Cl4F6N17O13S10. The van der Waals surface area contributed by atoms with E-state index in [1.807, 2.05) is 12.1 Å². The maximum absolute atomic E-state index is 15.7. The maximum Gasteiger partial charge on any atom is 0.411 e. The number of hydrogen-bond acceptors (Lipinski definition) is 25. The fourth-order valence-electron chi connectivity index (χ4n) is 14.5. The fraction of sp³-hybridized carbons (Fsp3) is 0.242. The first-order chi connectivity index (χ1) is 65.9. The SMILES string of the molecule is CC(=O)c1nn(CC(=O)N2C[C@H](F)C[C@H]2C(=O)Nc2cccc(-c3cc(C(N)=O)ccc3Cl)c2F)c2ccc(-c3cnc(C)nc3)cc12.CC(=O)c1nn(CC(=O)O)c2ccc(-c3cnc(C)nc3)cc12.CC(C)(C)OC(=O)N1C[C@H](F)C[C@H]1C(=O)Nc1cccc(-c2cc(C(N)=O)ccc2Cl)c1F.Cl.NC(=O)c1ccc(Cl)c(-c2cccc(NC(=O)[C@@H]3C[C@@H](F)CN3)c2F)c1.S.S=S.S=S=S.S=S=S=S. The van der Waals surface area contributed by atoms with Crippen LogP contribution in [0.15, 0.2) is 170 Å². The molecule has 30 nitrogen and oxygen atoms in total. The van der Waals surface area contributed by atoms with E-state index in [0.29, 0.717) is 33.5 Å². The molecule has 0 bridgehead atoms. The lowest BCUT2D eigenvalue weighted by Gasteiger charge is -2.27. The number of carboxylic acid groups (broad SMARTS) is 1. The van der Waals surface area contributed by atoms with Crippen molar-refractivity contribution in [3.05, 3.63) is 243 Å². The number of Topliss-reactive ketones (excluding diaryl/α,β-unsaturated/α-hetero) is 2. The summed E-state index contributed by atoms with van der Waals surface area (Å²) in [5, 5.41) is 29.3. The van der Waals surface area contributed by atoms with Gasteiger partial charge in [0, 0.05) is 245 Å². The molecule has 141 heavy (non-hydrogen) atoms. The Bertz CT molecular complexity index is 6880. The minimum absolute atomic E-state index is 0. The number of nitrogens with zero attached hydrogens (tertiary/aromatic N) is 10.